The monoisotopic (exact) mass is 185 g/mol. The van der Waals surface area contributed by atoms with Gasteiger partial charge in [0.25, 0.3) is 0 Å². The van der Waals surface area contributed by atoms with E-state index in [4.69, 9.17) is 11.1 Å². The maximum Gasteiger partial charge on any atom is 0.0918 e. The molecule has 0 saturated carbocycles. The molecule has 1 aliphatic rings. The Bertz CT molecular complexity index is 191. The minimum Gasteiger partial charge on any atom is -0.389 e. The number of nitrogens with zero attached hydrogens (tertiary/aromatic N) is 1. The second kappa shape index (κ2) is 4.07. The fourth-order valence-electron chi connectivity index (χ4n) is 1.79. The van der Waals surface area contributed by atoms with Gasteiger partial charge in [0.2, 0.25) is 0 Å². The lowest BCUT2D eigenvalue weighted by Gasteiger charge is -2.36. The summed E-state index contributed by atoms with van der Waals surface area (Å²) in [4.78, 5) is 2.17. The summed E-state index contributed by atoms with van der Waals surface area (Å²) in [6.45, 7) is 4.39. The first-order valence-corrected chi connectivity index (χ1v) is 4.77. The van der Waals surface area contributed by atoms with Gasteiger partial charge in [0.05, 0.1) is 11.4 Å². The molecule has 1 rings (SSSR count). The van der Waals surface area contributed by atoms with Crippen molar-refractivity contribution in [1.29, 1.82) is 5.41 Å². The number of hydrogen-bond acceptors (Lipinski definition) is 3. The Balaban J connectivity index is 2.30. The van der Waals surface area contributed by atoms with E-state index in [2.05, 4.69) is 4.90 Å². The molecule has 1 aliphatic heterocycles. The molecule has 0 radical (unpaired) electrons. The van der Waals surface area contributed by atoms with Crippen LogP contribution >= 0.6 is 0 Å². The van der Waals surface area contributed by atoms with Crippen molar-refractivity contribution in [2.45, 2.75) is 31.8 Å². The molecule has 0 spiro atoms. The van der Waals surface area contributed by atoms with Crippen molar-refractivity contribution in [2.24, 2.45) is 5.73 Å². The maximum atomic E-state index is 9.78. The van der Waals surface area contributed by atoms with Crippen LogP contribution < -0.4 is 5.73 Å². The third-order valence-corrected chi connectivity index (χ3v) is 2.45. The van der Waals surface area contributed by atoms with Gasteiger partial charge in [-0.05, 0) is 26.3 Å². The molecule has 0 bridgehead atoms. The quantitative estimate of drug-likeness (QED) is 0.433. The molecule has 1 saturated heterocycles. The van der Waals surface area contributed by atoms with Crippen LogP contribution in [0.15, 0.2) is 0 Å². The minimum absolute atomic E-state index is 0.227. The van der Waals surface area contributed by atoms with E-state index in [-0.39, 0.29) is 5.84 Å². The van der Waals surface area contributed by atoms with Crippen molar-refractivity contribution in [3.63, 3.8) is 0 Å². The van der Waals surface area contributed by atoms with Crippen molar-refractivity contribution in [2.75, 3.05) is 19.6 Å². The summed E-state index contributed by atoms with van der Waals surface area (Å²) in [5, 5.41) is 16.9. The van der Waals surface area contributed by atoms with Crippen molar-refractivity contribution in [3.05, 3.63) is 0 Å². The van der Waals surface area contributed by atoms with Gasteiger partial charge < -0.3 is 15.7 Å². The summed E-state index contributed by atoms with van der Waals surface area (Å²) in [5.41, 5.74) is 4.72. The van der Waals surface area contributed by atoms with Crippen LogP contribution in [0, 0.1) is 5.41 Å². The summed E-state index contributed by atoms with van der Waals surface area (Å²) in [6.07, 6.45) is 2.52. The highest BCUT2D eigenvalue weighted by Crippen LogP contribution is 2.19. The Morgan fingerprint density at radius 2 is 2.38 bits per heavy atom. The number of β-amino-alcohol motifs (C(OH)–C–C–N with tert-alkyl or cyclic N) is 1. The molecular weight excluding hydrogens is 166 g/mol. The van der Waals surface area contributed by atoms with Gasteiger partial charge in [0.15, 0.2) is 0 Å². The SMILES string of the molecule is CC1(O)CCCN(CCC(=N)N)C1. The van der Waals surface area contributed by atoms with Gasteiger partial charge in [-0.1, -0.05) is 0 Å². The van der Waals surface area contributed by atoms with Crippen LogP contribution in [0.3, 0.4) is 0 Å². The first-order valence-electron chi connectivity index (χ1n) is 4.77. The number of amidine groups is 1. The average molecular weight is 185 g/mol. The Kier molecular flexibility index (Phi) is 3.27. The highest BCUT2D eigenvalue weighted by Gasteiger charge is 2.27. The standard InChI is InChI=1S/C9H19N3O/c1-9(13)4-2-5-12(7-9)6-3-8(10)11/h13H,2-7H2,1H3,(H3,10,11). The predicted molar refractivity (Wildman–Crippen MR) is 52.8 cm³/mol. The molecule has 1 atom stereocenters. The molecule has 1 heterocycles. The number of hydrogen-bond donors (Lipinski definition) is 3. The predicted octanol–water partition coefficient (Wildman–Crippen LogP) is 0.159. The van der Waals surface area contributed by atoms with E-state index in [0.717, 1.165) is 25.9 Å². The second-order valence-electron chi connectivity index (χ2n) is 4.15. The zero-order valence-corrected chi connectivity index (χ0v) is 8.21. The highest BCUT2D eigenvalue weighted by molar-refractivity contribution is 5.76. The first kappa shape index (κ1) is 10.5. The summed E-state index contributed by atoms with van der Waals surface area (Å²) in [7, 11) is 0. The number of piperidine rings is 1. The average Bonchev–Trinajstić information content (AvgIpc) is 1.99. The van der Waals surface area contributed by atoms with Crippen molar-refractivity contribution >= 4 is 5.84 Å². The van der Waals surface area contributed by atoms with E-state index >= 15 is 0 Å². The van der Waals surface area contributed by atoms with Crippen LogP contribution in [0.2, 0.25) is 0 Å². The Morgan fingerprint density at radius 3 is 2.92 bits per heavy atom. The number of likely N-dealkylation sites (tertiary alicyclic amines) is 1. The van der Waals surface area contributed by atoms with Gasteiger partial charge >= 0.3 is 0 Å². The Labute approximate surface area is 79.2 Å². The van der Waals surface area contributed by atoms with E-state index in [1.807, 2.05) is 6.92 Å². The van der Waals surface area contributed by atoms with Gasteiger partial charge in [0.1, 0.15) is 0 Å². The molecule has 4 N–H and O–H groups in total. The lowest BCUT2D eigenvalue weighted by Crippen LogP contribution is -2.46. The third kappa shape index (κ3) is 3.74. The topological polar surface area (TPSA) is 73.3 Å². The first-order chi connectivity index (χ1) is 5.99. The number of rotatable bonds is 3. The van der Waals surface area contributed by atoms with Gasteiger partial charge in [-0.3, -0.25) is 5.41 Å². The van der Waals surface area contributed by atoms with Gasteiger partial charge in [0, 0.05) is 19.5 Å². The molecule has 76 valence electrons. The molecule has 1 fully saturated rings. The highest BCUT2D eigenvalue weighted by atomic mass is 16.3. The van der Waals surface area contributed by atoms with Crippen molar-refractivity contribution in [1.82, 2.24) is 4.90 Å². The molecule has 0 aromatic carbocycles. The fourth-order valence-corrected chi connectivity index (χ4v) is 1.79. The van der Waals surface area contributed by atoms with Crippen LogP contribution in [-0.2, 0) is 0 Å². The lowest BCUT2D eigenvalue weighted by molar-refractivity contribution is -0.0145. The molecule has 4 heteroatoms. The summed E-state index contributed by atoms with van der Waals surface area (Å²) in [5.74, 6) is 0.227. The number of nitrogens with two attached hydrogens (primary N) is 1. The molecule has 0 aromatic heterocycles. The molecule has 13 heavy (non-hydrogen) atoms. The van der Waals surface area contributed by atoms with Gasteiger partial charge in [-0.25, -0.2) is 0 Å². The zero-order valence-electron chi connectivity index (χ0n) is 8.21. The normalized spacial score (nSPS) is 30.3. The maximum absolute atomic E-state index is 9.78. The van der Waals surface area contributed by atoms with E-state index in [1.54, 1.807) is 0 Å². The van der Waals surface area contributed by atoms with Crippen LogP contribution in [0.5, 0.6) is 0 Å². The Hall–Kier alpha value is -0.610. The summed E-state index contributed by atoms with van der Waals surface area (Å²) >= 11 is 0. The van der Waals surface area contributed by atoms with E-state index < -0.39 is 5.60 Å². The minimum atomic E-state index is -0.547. The van der Waals surface area contributed by atoms with Crippen LogP contribution in [0.4, 0.5) is 0 Å². The van der Waals surface area contributed by atoms with E-state index in [9.17, 15) is 5.11 Å². The number of nitrogens with one attached hydrogen (secondary N) is 1. The van der Waals surface area contributed by atoms with E-state index in [1.165, 1.54) is 0 Å². The molecule has 1 unspecified atom stereocenters. The summed E-state index contributed by atoms with van der Waals surface area (Å²) in [6, 6.07) is 0. The summed E-state index contributed by atoms with van der Waals surface area (Å²) < 4.78 is 0. The Morgan fingerprint density at radius 1 is 1.69 bits per heavy atom. The largest absolute Gasteiger partial charge is 0.389 e. The third-order valence-electron chi connectivity index (χ3n) is 2.45. The van der Waals surface area contributed by atoms with Gasteiger partial charge in [-0.15, -0.1) is 0 Å². The molecule has 4 nitrogen and oxygen atoms in total. The number of aliphatic hydroxyl groups is 1. The van der Waals surface area contributed by atoms with Crippen LogP contribution in [-0.4, -0.2) is 41.1 Å². The van der Waals surface area contributed by atoms with Crippen molar-refractivity contribution in [3.8, 4) is 0 Å². The van der Waals surface area contributed by atoms with Gasteiger partial charge in [-0.2, -0.15) is 0 Å². The fraction of sp³-hybridized carbons (Fsp3) is 0.889. The van der Waals surface area contributed by atoms with Crippen LogP contribution in [0.25, 0.3) is 0 Å². The second-order valence-corrected chi connectivity index (χ2v) is 4.15. The molecule has 0 amide bonds. The van der Waals surface area contributed by atoms with Crippen LogP contribution in [0.1, 0.15) is 26.2 Å². The van der Waals surface area contributed by atoms with E-state index in [0.29, 0.717) is 13.0 Å². The molecular formula is C9H19N3O. The molecule has 0 aliphatic carbocycles. The van der Waals surface area contributed by atoms with Crippen molar-refractivity contribution < 1.29 is 5.11 Å². The molecule has 0 aromatic rings. The lowest BCUT2D eigenvalue weighted by atomic mass is 9.95. The smallest absolute Gasteiger partial charge is 0.0918 e. The zero-order chi connectivity index (χ0) is 9.90.